The third-order valence-corrected chi connectivity index (χ3v) is 1.57. The Bertz CT molecular complexity index is 140. The first-order valence-corrected chi connectivity index (χ1v) is 2.84. The van der Waals surface area contributed by atoms with Gasteiger partial charge in [-0.2, -0.15) is 0 Å². The van der Waals surface area contributed by atoms with Crippen LogP contribution in [0.25, 0.3) is 0 Å². The second-order valence-electron chi connectivity index (χ2n) is 2.20. The van der Waals surface area contributed by atoms with E-state index in [1.165, 1.54) is 6.92 Å². The summed E-state index contributed by atoms with van der Waals surface area (Å²) >= 11 is 0. The molecule has 0 amide bonds. The zero-order chi connectivity index (χ0) is 8.36. The summed E-state index contributed by atoms with van der Waals surface area (Å²) < 4.78 is 0. The average molecular weight is 187 g/mol. The van der Waals surface area contributed by atoms with Gasteiger partial charge in [0.05, 0.1) is 5.97 Å². The second-order valence-corrected chi connectivity index (χ2v) is 2.20. The van der Waals surface area contributed by atoms with Gasteiger partial charge in [0.15, 0.2) is 0 Å². The number of carbonyl (C=O) groups excluding carboxylic acids is 1. The van der Waals surface area contributed by atoms with Crippen LogP contribution in [0.2, 0.25) is 0 Å². The fraction of sp³-hybridized carbons (Fsp3) is 0.800. The molecule has 1 atom stereocenters. The zero-order valence-corrected chi connectivity index (χ0v) is 9.99. The van der Waals surface area contributed by atoms with Crippen LogP contribution in [0, 0.1) is 0 Å². The molecule has 0 bridgehead atoms. The first kappa shape index (κ1) is 14.5. The molecule has 60 valence electrons. The monoisotopic (exact) mass is 187 g/mol. The van der Waals surface area contributed by atoms with Crippen molar-refractivity contribution in [2.45, 2.75) is 25.8 Å². The first-order valence-electron chi connectivity index (χ1n) is 2.84. The summed E-state index contributed by atoms with van der Waals surface area (Å²) in [6, 6.07) is 0. The normalized spacial score (nSPS) is 15.4. The number of carboxylic acids is 1. The Morgan fingerprint density at radius 2 is 2.00 bits per heavy atom. The summed E-state index contributed by atoms with van der Waals surface area (Å²) in [7, 11) is 0. The molecule has 1 unspecified atom stereocenters. The van der Waals surface area contributed by atoms with Crippen LogP contribution < -0.4 is 56.5 Å². The summed E-state index contributed by atoms with van der Waals surface area (Å²) in [4.78, 5) is 10.2. The molecule has 6 heteroatoms. The van der Waals surface area contributed by atoms with Gasteiger partial charge >= 0.3 is 51.4 Å². The molecule has 0 rings (SSSR count). The van der Waals surface area contributed by atoms with E-state index in [0.29, 0.717) is 0 Å². The number of rotatable bonds is 3. The third-order valence-electron chi connectivity index (χ3n) is 1.57. The van der Waals surface area contributed by atoms with Crippen LogP contribution in [0.1, 0.15) is 20.3 Å². The summed E-state index contributed by atoms with van der Waals surface area (Å²) in [5.74, 6) is -1.51. The number of hydrogen-bond donors (Lipinski definition) is 2. The number of hydrogen-bond acceptors (Lipinski definition) is 5. The number of hydroxylamine groups is 2. The Labute approximate surface area is 107 Å². The van der Waals surface area contributed by atoms with Crippen LogP contribution in [0.15, 0.2) is 0 Å². The van der Waals surface area contributed by atoms with Crippen molar-refractivity contribution in [2.75, 3.05) is 0 Å². The quantitative estimate of drug-likeness (QED) is 0.347. The number of carbonyl (C=O) groups is 1. The Kier molecular flexibility index (Phi) is 7.39. The molecule has 5 nitrogen and oxygen atoms in total. The fourth-order valence-electron chi connectivity index (χ4n) is 0.367. The molecule has 0 aromatic carbocycles. The van der Waals surface area contributed by atoms with E-state index in [-0.39, 0.29) is 63.0 Å². The maximum Gasteiger partial charge on any atom is 1.00 e. The summed E-state index contributed by atoms with van der Waals surface area (Å²) in [5, 5.41) is 26.7. The van der Waals surface area contributed by atoms with E-state index in [1.54, 1.807) is 0 Å². The smallest absolute Gasteiger partial charge is 0.548 e. The molecule has 0 aromatic heterocycles. The summed E-state index contributed by atoms with van der Waals surface area (Å²) in [5.41, 5.74) is -1.71. The fourth-order valence-corrected chi connectivity index (χ4v) is 0.367. The van der Waals surface area contributed by atoms with Gasteiger partial charge in [0.25, 0.3) is 0 Å². The first-order chi connectivity index (χ1) is 4.45. The number of aliphatic carboxylic acids is 1. The summed E-state index contributed by atoms with van der Waals surface area (Å²) in [6.07, 6.45) is 0.0579. The number of carboxylic acid groups (broad SMARTS) is 1. The minimum Gasteiger partial charge on any atom is -0.548 e. The molecule has 0 spiro atoms. The van der Waals surface area contributed by atoms with Crippen molar-refractivity contribution in [1.29, 1.82) is 0 Å². The Balaban J connectivity index is 0. The molecule has 0 saturated heterocycles. The van der Waals surface area contributed by atoms with Gasteiger partial charge in [0.1, 0.15) is 5.54 Å². The Morgan fingerprint density at radius 1 is 1.64 bits per heavy atom. The van der Waals surface area contributed by atoms with E-state index < -0.39 is 11.5 Å². The standard InChI is InChI=1S/C5H11NO4.K/c1-3-5(2,4(7)8)6(9)10;/h9-10H,3H2,1-2H3,(H,7,8);/q;+1/p-1. The third kappa shape index (κ3) is 3.47. The summed E-state index contributed by atoms with van der Waals surface area (Å²) in [6.45, 7) is 2.66. The molecule has 0 aromatic rings. The van der Waals surface area contributed by atoms with Crippen LogP contribution in [-0.4, -0.2) is 27.1 Å². The molecule has 0 aliphatic heterocycles. The second kappa shape index (κ2) is 5.60. The van der Waals surface area contributed by atoms with E-state index >= 15 is 0 Å². The molecule has 0 fully saturated rings. The predicted molar refractivity (Wildman–Crippen MR) is 29.1 cm³/mol. The van der Waals surface area contributed by atoms with Crippen LogP contribution in [-0.2, 0) is 4.79 Å². The Hall–Kier alpha value is 0.986. The van der Waals surface area contributed by atoms with Gasteiger partial charge in [0.2, 0.25) is 0 Å². The molecule has 2 N–H and O–H groups in total. The van der Waals surface area contributed by atoms with Gasteiger partial charge in [-0.05, 0) is 13.3 Å². The van der Waals surface area contributed by atoms with E-state index in [2.05, 4.69) is 0 Å². The van der Waals surface area contributed by atoms with Crippen LogP contribution in [0.5, 0.6) is 0 Å². The molecule has 0 heterocycles. The van der Waals surface area contributed by atoms with E-state index in [9.17, 15) is 9.90 Å². The molecule has 0 saturated carbocycles. The topological polar surface area (TPSA) is 83.8 Å². The van der Waals surface area contributed by atoms with Gasteiger partial charge in [-0.1, -0.05) is 12.2 Å². The van der Waals surface area contributed by atoms with Crippen molar-refractivity contribution in [2.24, 2.45) is 0 Å². The van der Waals surface area contributed by atoms with Crippen molar-refractivity contribution < 1.29 is 71.7 Å². The van der Waals surface area contributed by atoms with Crippen molar-refractivity contribution in [3.05, 3.63) is 0 Å². The van der Waals surface area contributed by atoms with Gasteiger partial charge < -0.3 is 9.90 Å². The SMILES string of the molecule is CCC(C)(C(=O)[O-])N(O)O.[K+]. The van der Waals surface area contributed by atoms with Crippen LogP contribution >= 0.6 is 0 Å². The maximum absolute atomic E-state index is 10.2. The van der Waals surface area contributed by atoms with E-state index in [4.69, 9.17) is 10.4 Å². The van der Waals surface area contributed by atoms with Crippen molar-refractivity contribution in [1.82, 2.24) is 5.23 Å². The van der Waals surface area contributed by atoms with Gasteiger partial charge in [-0.3, -0.25) is 10.4 Å². The molecule has 0 aliphatic carbocycles. The molecular formula is C5H10KNO4. The van der Waals surface area contributed by atoms with Gasteiger partial charge in [-0.15, -0.1) is 0 Å². The van der Waals surface area contributed by atoms with Crippen molar-refractivity contribution >= 4 is 5.97 Å². The Morgan fingerprint density at radius 3 is 2.00 bits per heavy atom. The van der Waals surface area contributed by atoms with Gasteiger partial charge in [-0.25, -0.2) is 0 Å². The van der Waals surface area contributed by atoms with Crippen molar-refractivity contribution in [3.8, 4) is 0 Å². The van der Waals surface area contributed by atoms with Crippen LogP contribution in [0.3, 0.4) is 0 Å². The molecule has 11 heavy (non-hydrogen) atoms. The molecule has 0 aliphatic rings. The molecule has 0 radical (unpaired) electrons. The molecular weight excluding hydrogens is 177 g/mol. The zero-order valence-electron chi connectivity index (χ0n) is 6.87. The maximum atomic E-state index is 10.2. The minimum atomic E-state index is -1.71. The van der Waals surface area contributed by atoms with E-state index in [1.807, 2.05) is 0 Å². The minimum absolute atomic E-state index is 0. The predicted octanol–water partition coefficient (Wildman–Crippen LogP) is -4.01. The van der Waals surface area contributed by atoms with Crippen molar-refractivity contribution in [3.63, 3.8) is 0 Å². The van der Waals surface area contributed by atoms with Gasteiger partial charge in [0, 0.05) is 0 Å². The largest absolute Gasteiger partial charge is 1.00 e. The average Bonchev–Trinajstić information content (AvgIpc) is 1.85. The van der Waals surface area contributed by atoms with E-state index in [0.717, 1.165) is 6.92 Å². The van der Waals surface area contributed by atoms with Crippen LogP contribution in [0.4, 0.5) is 0 Å². The number of nitrogens with zero attached hydrogens (tertiary/aromatic N) is 1.